The van der Waals surface area contributed by atoms with Crippen molar-refractivity contribution in [2.24, 2.45) is 11.3 Å². The van der Waals surface area contributed by atoms with Crippen LogP contribution in [0.15, 0.2) is 67.4 Å². The number of cyclic esters (lactones) is 1. The molecule has 12 heteroatoms. The Balaban J connectivity index is 1.51. The van der Waals surface area contributed by atoms with Crippen LogP contribution in [0.3, 0.4) is 0 Å². The monoisotopic (exact) mass is 776 g/mol. The summed E-state index contributed by atoms with van der Waals surface area (Å²) in [5, 5.41) is 16.5. The van der Waals surface area contributed by atoms with Gasteiger partial charge in [-0.15, -0.1) is 0 Å². The van der Waals surface area contributed by atoms with Gasteiger partial charge in [0.25, 0.3) is 5.91 Å². The number of nitrogens with zero attached hydrogens (tertiary/aromatic N) is 4. The smallest absolute Gasteiger partial charge is 0.324 e. The molecule has 4 aromatic rings. The van der Waals surface area contributed by atoms with Crippen molar-refractivity contribution >= 4 is 34.6 Å². The molecule has 12 nitrogen and oxygen atoms in total. The summed E-state index contributed by atoms with van der Waals surface area (Å²) in [7, 11) is 1.53. The molecule has 0 saturated carbocycles. The van der Waals surface area contributed by atoms with Crippen LogP contribution < -0.4 is 10.7 Å². The van der Waals surface area contributed by atoms with E-state index < -0.39 is 47.2 Å². The summed E-state index contributed by atoms with van der Waals surface area (Å²) in [6, 6.07) is 12.9. The average Bonchev–Trinajstić information content (AvgIpc) is 3.49. The Kier molecular flexibility index (Phi) is 12.2. The van der Waals surface area contributed by atoms with Crippen molar-refractivity contribution in [3.63, 3.8) is 0 Å². The summed E-state index contributed by atoms with van der Waals surface area (Å²) in [5.41, 5.74) is 10.2. The lowest BCUT2D eigenvalue weighted by atomic mass is 9.84. The number of benzene rings is 2. The molecule has 2 aliphatic heterocycles. The fourth-order valence-corrected chi connectivity index (χ4v) is 8.41. The molecule has 57 heavy (non-hydrogen) atoms. The quantitative estimate of drug-likeness (QED) is 0.147. The Morgan fingerprint density at radius 2 is 1.91 bits per heavy atom. The SMILES string of the molecule is C=CC(=O)N(C)[C@H](C(=O)N[C@H]1Cc2cc(O)cc(c2)-c2ccc3c(c2)c(c(-c2cccnc2CC)n3CC)CC(C)(C)COC(=O)[C@@H]2CCCN(N2)C1=O)C(C)C. The van der Waals surface area contributed by atoms with Crippen LogP contribution in [0.2, 0.25) is 0 Å². The molecule has 1 saturated heterocycles. The second-order valence-electron chi connectivity index (χ2n) is 16.4. The highest BCUT2D eigenvalue weighted by Gasteiger charge is 2.37. The lowest BCUT2D eigenvalue weighted by Crippen LogP contribution is -2.62. The van der Waals surface area contributed by atoms with E-state index in [9.17, 15) is 24.3 Å². The maximum atomic E-state index is 14.4. The Bertz CT molecular complexity index is 2190. The first kappa shape index (κ1) is 41.2. The zero-order valence-corrected chi connectivity index (χ0v) is 34.2. The number of esters is 1. The molecule has 0 spiro atoms. The number of carbonyl (C=O) groups excluding carboxylic acids is 4. The number of aryl methyl sites for hydroxylation is 2. The Morgan fingerprint density at radius 3 is 2.61 bits per heavy atom. The van der Waals surface area contributed by atoms with E-state index in [-0.39, 0.29) is 24.7 Å². The van der Waals surface area contributed by atoms with Crippen molar-refractivity contribution in [1.82, 2.24) is 30.2 Å². The van der Waals surface area contributed by atoms with Gasteiger partial charge in [0.05, 0.1) is 12.3 Å². The number of likely N-dealkylation sites (N-methyl/N-ethyl adjacent to an activating group) is 1. The van der Waals surface area contributed by atoms with Gasteiger partial charge in [-0.25, -0.2) is 5.43 Å². The molecule has 2 aromatic heterocycles. The van der Waals surface area contributed by atoms with Gasteiger partial charge in [0, 0.05) is 60.3 Å². The van der Waals surface area contributed by atoms with Crippen molar-refractivity contribution < 1.29 is 29.0 Å². The van der Waals surface area contributed by atoms with Crippen molar-refractivity contribution in [3.8, 4) is 28.1 Å². The molecule has 0 radical (unpaired) electrons. The van der Waals surface area contributed by atoms with E-state index in [4.69, 9.17) is 9.72 Å². The molecule has 6 bridgehead atoms. The summed E-state index contributed by atoms with van der Waals surface area (Å²) < 4.78 is 8.38. The number of aromatic nitrogens is 2. The molecule has 3 N–H and O–H groups in total. The van der Waals surface area contributed by atoms with Crippen molar-refractivity contribution in [3.05, 3.63) is 84.2 Å². The van der Waals surface area contributed by atoms with Crippen LogP contribution in [0.5, 0.6) is 5.75 Å². The van der Waals surface area contributed by atoms with Crippen LogP contribution in [-0.2, 0) is 49.7 Å². The largest absolute Gasteiger partial charge is 0.508 e. The third-order valence-corrected chi connectivity index (χ3v) is 11.2. The molecule has 6 rings (SSSR count). The topological polar surface area (TPSA) is 146 Å². The first-order valence-electron chi connectivity index (χ1n) is 20.0. The number of amides is 3. The van der Waals surface area contributed by atoms with Gasteiger partial charge >= 0.3 is 5.97 Å². The van der Waals surface area contributed by atoms with Gasteiger partial charge in [-0.05, 0) is 103 Å². The van der Waals surface area contributed by atoms with Crippen molar-refractivity contribution in [2.75, 3.05) is 20.2 Å². The van der Waals surface area contributed by atoms with E-state index in [1.807, 2.05) is 38.2 Å². The van der Waals surface area contributed by atoms with Gasteiger partial charge in [-0.1, -0.05) is 53.3 Å². The second kappa shape index (κ2) is 16.9. The highest BCUT2D eigenvalue weighted by Crippen LogP contribution is 2.41. The van der Waals surface area contributed by atoms with Gasteiger partial charge in [-0.2, -0.15) is 0 Å². The third kappa shape index (κ3) is 8.61. The van der Waals surface area contributed by atoms with Gasteiger partial charge in [-0.3, -0.25) is 29.2 Å². The number of aromatic hydroxyl groups is 1. The highest BCUT2D eigenvalue weighted by molar-refractivity contribution is 5.96. The lowest BCUT2D eigenvalue weighted by Gasteiger charge is -2.36. The second-order valence-corrected chi connectivity index (χ2v) is 16.4. The average molecular weight is 777 g/mol. The van der Waals surface area contributed by atoms with Gasteiger partial charge < -0.3 is 24.6 Å². The van der Waals surface area contributed by atoms with Crippen LogP contribution in [0.4, 0.5) is 0 Å². The van der Waals surface area contributed by atoms with Gasteiger partial charge in [0.15, 0.2) is 0 Å². The summed E-state index contributed by atoms with van der Waals surface area (Å²) in [5.74, 6) is -2.11. The van der Waals surface area contributed by atoms with Gasteiger partial charge in [0.1, 0.15) is 23.9 Å². The van der Waals surface area contributed by atoms with Crippen LogP contribution in [0, 0.1) is 11.3 Å². The molecule has 0 unspecified atom stereocenters. The third-order valence-electron chi connectivity index (χ3n) is 11.2. The minimum absolute atomic E-state index is 0.0147. The van der Waals surface area contributed by atoms with E-state index in [0.717, 1.165) is 63.6 Å². The number of phenolic OH excluding ortho intramolecular Hbond substituents is 1. The minimum Gasteiger partial charge on any atom is -0.508 e. The van der Waals surface area contributed by atoms with Gasteiger partial charge in [0.2, 0.25) is 11.8 Å². The van der Waals surface area contributed by atoms with E-state index in [1.54, 1.807) is 12.1 Å². The Morgan fingerprint density at radius 1 is 1.14 bits per heavy atom. The molecule has 2 aliphatic rings. The first-order chi connectivity index (χ1) is 27.2. The predicted molar refractivity (Wildman–Crippen MR) is 221 cm³/mol. The Hall–Kier alpha value is -5.49. The Labute approximate surface area is 335 Å². The first-order valence-corrected chi connectivity index (χ1v) is 20.0. The molecular formula is C45H56N6O6. The van der Waals surface area contributed by atoms with E-state index >= 15 is 0 Å². The fourth-order valence-electron chi connectivity index (χ4n) is 8.41. The highest BCUT2D eigenvalue weighted by atomic mass is 16.5. The lowest BCUT2D eigenvalue weighted by molar-refractivity contribution is -0.155. The molecule has 3 atom stereocenters. The number of hydrogen-bond acceptors (Lipinski definition) is 8. The maximum absolute atomic E-state index is 14.4. The normalized spacial score (nSPS) is 19.1. The zero-order chi connectivity index (χ0) is 41.2. The molecule has 3 amide bonds. The van der Waals surface area contributed by atoms with E-state index in [2.05, 4.69) is 67.8 Å². The number of fused-ring (bicyclic) bond motifs is 6. The maximum Gasteiger partial charge on any atom is 0.324 e. The number of ether oxygens (including phenoxy) is 1. The van der Waals surface area contributed by atoms with Crippen LogP contribution >= 0.6 is 0 Å². The van der Waals surface area contributed by atoms with Crippen molar-refractivity contribution in [1.29, 1.82) is 0 Å². The number of rotatable bonds is 8. The van der Waals surface area contributed by atoms with E-state index in [1.165, 1.54) is 17.0 Å². The standard InChI is InChI=1S/C45H56N6O6/c1-9-35-32(14-12-18-46-35)41-34-25-45(6,7)26-57-44(56)36-15-13-19-51(48-36)43(55)37(47-42(54)40(27(4)5)49(8)39(53)10-2)22-28-20-30(23-31(52)21-28)29-16-17-38(33(34)24-29)50(41)11-3/h10,12,14,16-18,20-21,23-24,27,36-37,40,48,52H,2,9,11,13,15,19,22,25-26H2,1,3-8H3,(H,47,54)/t36-,37-,40-/m0/s1. The predicted octanol–water partition coefficient (Wildman–Crippen LogP) is 5.98. The molecule has 4 heterocycles. The summed E-state index contributed by atoms with van der Waals surface area (Å²) in [4.78, 5) is 60.9. The number of nitrogens with one attached hydrogen (secondary N) is 2. The zero-order valence-electron chi connectivity index (χ0n) is 34.2. The fraction of sp³-hybridized carbons (Fsp3) is 0.444. The summed E-state index contributed by atoms with van der Waals surface area (Å²) in [6.07, 6.45) is 5.37. The summed E-state index contributed by atoms with van der Waals surface area (Å²) in [6.45, 7) is 16.8. The molecule has 302 valence electrons. The minimum atomic E-state index is -1.11. The number of hydrogen-bond donors (Lipinski definition) is 3. The molecular weight excluding hydrogens is 721 g/mol. The molecule has 0 aliphatic carbocycles. The van der Waals surface area contributed by atoms with Crippen LogP contribution in [-0.4, -0.2) is 86.6 Å². The van der Waals surface area contributed by atoms with Crippen LogP contribution in [0.25, 0.3) is 33.3 Å². The molecule has 1 fully saturated rings. The number of carbonyl (C=O) groups is 4. The van der Waals surface area contributed by atoms with Crippen LogP contribution in [0.1, 0.15) is 71.2 Å². The van der Waals surface area contributed by atoms with E-state index in [0.29, 0.717) is 31.4 Å². The number of pyridine rings is 1. The number of phenols is 1. The molecule has 2 aromatic carbocycles. The van der Waals surface area contributed by atoms with Crippen molar-refractivity contribution in [2.45, 2.75) is 98.3 Å². The summed E-state index contributed by atoms with van der Waals surface area (Å²) >= 11 is 0. The number of hydrazine groups is 1.